The number of ether oxygens (including phenoxy) is 1. The molecule has 1 aromatic rings. The van der Waals surface area contributed by atoms with Gasteiger partial charge in [-0.05, 0) is 30.4 Å². The zero-order chi connectivity index (χ0) is 10.8. The number of carbonyl (C=O) groups excluding carboxylic acids is 1. The summed E-state index contributed by atoms with van der Waals surface area (Å²) in [6.45, 7) is 4.19. The van der Waals surface area contributed by atoms with E-state index in [9.17, 15) is 4.79 Å². The van der Waals surface area contributed by atoms with Crippen molar-refractivity contribution >= 4 is 6.29 Å². The molecule has 1 aromatic heterocycles. The maximum absolute atomic E-state index is 10.8. The van der Waals surface area contributed by atoms with Crippen LogP contribution in [0.4, 0.5) is 0 Å². The fraction of sp³-hybridized carbons (Fsp3) is 0.500. The molecule has 2 rings (SSSR count). The summed E-state index contributed by atoms with van der Waals surface area (Å²) in [7, 11) is 0. The predicted molar refractivity (Wildman–Crippen MR) is 57.4 cm³/mol. The van der Waals surface area contributed by atoms with Gasteiger partial charge in [0.1, 0.15) is 11.4 Å². The van der Waals surface area contributed by atoms with Gasteiger partial charge in [0.25, 0.3) is 0 Å². The van der Waals surface area contributed by atoms with Gasteiger partial charge in [0.2, 0.25) is 0 Å². The van der Waals surface area contributed by atoms with E-state index in [1.807, 2.05) is 6.07 Å². The van der Waals surface area contributed by atoms with Gasteiger partial charge in [0, 0.05) is 6.20 Å². The molecule has 0 amide bonds. The average Bonchev–Trinajstić information content (AvgIpc) is 3.01. The monoisotopic (exact) mass is 205 g/mol. The van der Waals surface area contributed by atoms with Crippen molar-refractivity contribution in [3.8, 4) is 5.75 Å². The van der Waals surface area contributed by atoms with E-state index in [1.54, 1.807) is 6.20 Å². The first-order valence-corrected chi connectivity index (χ1v) is 5.32. The first-order valence-electron chi connectivity index (χ1n) is 5.32. The maximum atomic E-state index is 10.8. The molecule has 0 aliphatic heterocycles. The Morgan fingerprint density at radius 3 is 2.80 bits per heavy atom. The molecule has 1 saturated carbocycles. The maximum Gasteiger partial charge on any atom is 0.172 e. The highest BCUT2D eigenvalue weighted by molar-refractivity contribution is 5.76. The van der Waals surface area contributed by atoms with Gasteiger partial charge in [-0.15, -0.1) is 0 Å². The highest BCUT2D eigenvalue weighted by Crippen LogP contribution is 2.29. The predicted octanol–water partition coefficient (Wildman–Crippen LogP) is 2.56. The van der Waals surface area contributed by atoms with Gasteiger partial charge in [-0.3, -0.25) is 4.79 Å². The van der Waals surface area contributed by atoms with Crippen LogP contribution in [-0.4, -0.2) is 17.4 Å². The second-order valence-electron chi connectivity index (χ2n) is 4.24. The molecule has 0 N–H and O–H groups in total. The lowest BCUT2D eigenvalue weighted by Gasteiger charge is -2.10. The molecule has 0 radical (unpaired) electrons. The Morgan fingerprint density at radius 2 is 2.27 bits per heavy atom. The van der Waals surface area contributed by atoms with Crippen molar-refractivity contribution in [1.29, 1.82) is 0 Å². The molecule has 0 aromatic carbocycles. The standard InChI is InChI=1S/C12H15NO2/c1-8(2)9-5-12(15-10-3-4-10)11(7-14)13-6-9/h5-8,10H,3-4H2,1-2H3. The first kappa shape index (κ1) is 10.1. The molecule has 15 heavy (non-hydrogen) atoms. The fourth-order valence-corrected chi connectivity index (χ4v) is 1.33. The third-order valence-electron chi connectivity index (χ3n) is 2.50. The quantitative estimate of drug-likeness (QED) is 0.709. The molecule has 1 heterocycles. The summed E-state index contributed by atoms with van der Waals surface area (Å²) in [6.07, 6.45) is 4.97. The third kappa shape index (κ3) is 2.35. The first-order chi connectivity index (χ1) is 7.20. The van der Waals surface area contributed by atoms with Crippen LogP contribution in [0.2, 0.25) is 0 Å². The highest BCUT2D eigenvalue weighted by Gasteiger charge is 2.25. The van der Waals surface area contributed by atoms with E-state index in [0.717, 1.165) is 24.7 Å². The Balaban J connectivity index is 2.28. The van der Waals surface area contributed by atoms with Crippen LogP contribution in [0, 0.1) is 0 Å². The number of hydrogen-bond acceptors (Lipinski definition) is 3. The summed E-state index contributed by atoms with van der Waals surface area (Å²) in [6, 6.07) is 1.93. The number of aromatic nitrogens is 1. The van der Waals surface area contributed by atoms with E-state index >= 15 is 0 Å². The second kappa shape index (κ2) is 4.01. The normalized spacial score (nSPS) is 15.4. The van der Waals surface area contributed by atoms with Gasteiger partial charge < -0.3 is 4.74 Å². The van der Waals surface area contributed by atoms with Crippen LogP contribution in [0.1, 0.15) is 48.7 Å². The fourth-order valence-electron chi connectivity index (χ4n) is 1.33. The number of hydrogen-bond donors (Lipinski definition) is 0. The van der Waals surface area contributed by atoms with Gasteiger partial charge in [-0.25, -0.2) is 4.98 Å². The number of aldehydes is 1. The molecule has 0 saturated heterocycles. The summed E-state index contributed by atoms with van der Waals surface area (Å²) in [5.74, 6) is 1.04. The summed E-state index contributed by atoms with van der Waals surface area (Å²) in [5, 5.41) is 0. The van der Waals surface area contributed by atoms with E-state index in [-0.39, 0.29) is 0 Å². The number of nitrogens with zero attached hydrogens (tertiary/aromatic N) is 1. The SMILES string of the molecule is CC(C)c1cnc(C=O)c(OC2CC2)c1. The zero-order valence-electron chi connectivity index (χ0n) is 9.06. The summed E-state index contributed by atoms with van der Waals surface area (Å²) in [5.41, 5.74) is 1.52. The molecule has 1 fully saturated rings. The van der Waals surface area contributed by atoms with Gasteiger partial charge in [0.15, 0.2) is 6.29 Å². The van der Waals surface area contributed by atoms with Crippen LogP contribution in [0.5, 0.6) is 5.75 Å². The number of pyridine rings is 1. The molecule has 0 atom stereocenters. The van der Waals surface area contributed by atoms with Crippen molar-refractivity contribution in [2.45, 2.75) is 38.7 Å². The Morgan fingerprint density at radius 1 is 1.53 bits per heavy atom. The van der Waals surface area contributed by atoms with Crippen LogP contribution < -0.4 is 4.74 Å². The smallest absolute Gasteiger partial charge is 0.172 e. The summed E-state index contributed by atoms with van der Waals surface area (Å²) in [4.78, 5) is 14.9. The van der Waals surface area contributed by atoms with E-state index in [2.05, 4.69) is 18.8 Å². The molecular weight excluding hydrogens is 190 g/mol. The molecule has 3 heteroatoms. The largest absolute Gasteiger partial charge is 0.488 e. The topological polar surface area (TPSA) is 39.2 Å². The lowest BCUT2D eigenvalue weighted by atomic mass is 10.1. The van der Waals surface area contributed by atoms with Crippen LogP contribution in [0.25, 0.3) is 0 Å². The number of rotatable bonds is 4. The van der Waals surface area contributed by atoms with Crippen molar-refractivity contribution in [3.63, 3.8) is 0 Å². The molecule has 80 valence electrons. The molecule has 0 unspecified atom stereocenters. The molecular formula is C12H15NO2. The molecule has 3 nitrogen and oxygen atoms in total. The second-order valence-corrected chi connectivity index (χ2v) is 4.24. The molecule has 1 aliphatic carbocycles. The Hall–Kier alpha value is -1.38. The van der Waals surface area contributed by atoms with Crippen molar-refractivity contribution in [2.75, 3.05) is 0 Å². The van der Waals surface area contributed by atoms with Crippen molar-refractivity contribution in [1.82, 2.24) is 4.98 Å². The van der Waals surface area contributed by atoms with E-state index in [1.165, 1.54) is 0 Å². The van der Waals surface area contributed by atoms with Crippen molar-refractivity contribution in [3.05, 3.63) is 23.5 Å². The van der Waals surface area contributed by atoms with E-state index < -0.39 is 0 Å². The Bertz CT molecular complexity index is 370. The van der Waals surface area contributed by atoms with Gasteiger partial charge in [0.05, 0.1) is 6.10 Å². The van der Waals surface area contributed by atoms with E-state index in [0.29, 0.717) is 23.5 Å². The van der Waals surface area contributed by atoms with Crippen LogP contribution in [0.3, 0.4) is 0 Å². The highest BCUT2D eigenvalue weighted by atomic mass is 16.5. The number of carbonyl (C=O) groups is 1. The van der Waals surface area contributed by atoms with Crippen LogP contribution in [0.15, 0.2) is 12.3 Å². The molecule has 1 aliphatic rings. The molecule has 0 spiro atoms. The minimum absolute atomic E-state index is 0.299. The average molecular weight is 205 g/mol. The Labute approximate surface area is 89.5 Å². The van der Waals surface area contributed by atoms with Crippen LogP contribution in [-0.2, 0) is 0 Å². The molecule has 0 bridgehead atoms. The van der Waals surface area contributed by atoms with Crippen molar-refractivity contribution < 1.29 is 9.53 Å². The van der Waals surface area contributed by atoms with E-state index in [4.69, 9.17) is 4.74 Å². The van der Waals surface area contributed by atoms with Crippen molar-refractivity contribution in [2.24, 2.45) is 0 Å². The summed E-state index contributed by atoms with van der Waals surface area (Å²) < 4.78 is 5.64. The minimum atomic E-state index is 0.299. The van der Waals surface area contributed by atoms with Gasteiger partial charge >= 0.3 is 0 Å². The third-order valence-corrected chi connectivity index (χ3v) is 2.50. The van der Waals surface area contributed by atoms with Gasteiger partial charge in [-0.2, -0.15) is 0 Å². The van der Waals surface area contributed by atoms with Gasteiger partial charge in [-0.1, -0.05) is 13.8 Å². The zero-order valence-corrected chi connectivity index (χ0v) is 9.06. The lowest BCUT2D eigenvalue weighted by Crippen LogP contribution is -2.03. The minimum Gasteiger partial charge on any atom is -0.488 e. The lowest BCUT2D eigenvalue weighted by molar-refractivity contribution is 0.111. The Kier molecular flexibility index (Phi) is 2.71. The summed E-state index contributed by atoms with van der Waals surface area (Å²) >= 11 is 0. The van der Waals surface area contributed by atoms with Crippen LogP contribution >= 0.6 is 0 Å².